The smallest absolute Gasteiger partial charge is 0.407 e. The summed E-state index contributed by atoms with van der Waals surface area (Å²) in [7, 11) is -2.75. The topological polar surface area (TPSA) is 111 Å². The highest BCUT2D eigenvalue weighted by atomic mass is 32.2. The summed E-state index contributed by atoms with van der Waals surface area (Å²) >= 11 is 0.854. The van der Waals surface area contributed by atoms with Crippen LogP contribution in [-0.4, -0.2) is 36.5 Å². The number of nitrogens with zero attached hydrogens (tertiary/aromatic N) is 3. The van der Waals surface area contributed by atoms with Crippen LogP contribution in [-0.2, 0) is 16.4 Å². The zero-order chi connectivity index (χ0) is 21.2. The Bertz CT molecular complexity index is 1230. The quantitative estimate of drug-likeness (QED) is 0.616. The fourth-order valence-electron chi connectivity index (χ4n) is 2.62. The Balaban J connectivity index is 2.20. The molecule has 0 atom stereocenters. The molecule has 148 valence electrons. The van der Waals surface area contributed by atoms with Gasteiger partial charge >= 0.3 is 6.09 Å². The lowest BCUT2D eigenvalue weighted by Gasteiger charge is -2.10. The zero-order valence-electron chi connectivity index (χ0n) is 15.0. The van der Waals surface area contributed by atoms with E-state index < -0.39 is 21.9 Å². The second-order valence-corrected chi connectivity index (χ2v) is 9.32. The molecule has 0 saturated carbocycles. The van der Waals surface area contributed by atoms with Gasteiger partial charge in [-0.1, -0.05) is 6.07 Å². The third kappa shape index (κ3) is 4.11. The molecule has 10 heteroatoms. The number of sulfone groups is 1. The number of carboxylic acid groups (broad SMARTS) is 1. The first-order chi connectivity index (χ1) is 13.7. The standard InChI is InChI=1S/C19H14FN3O4S2/c1-23(19(24)25)11-13-9-16(15-6-3-7-22-17(15)20)18(28-13)29(26,27)14-5-2-4-12(8-14)10-21/h2-9H,11H2,1H3,(H,24,25). The van der Waals surface area contributed by atoms with Gasteiger partial charge in [0.25, 0.3) is 0 Å². The predicted molar refractivity (Wildman–Crippen MR) is 104 cm³/mol. The van der Waals surface area contributed by atoms with Crippen molar-refractivity contribution in [3.8, 4) is 17.2 Å². The van der Waals surface area contributed by atoms with Gasteiger partial charge in [-0.05, 0) is 36.4 Å². The van der Waals surface area contributed by atoms with Gasteiger partial charge in [0.2, 0.25) is 15.8 Å². The van der Waals surface area contributed by atoms with Crippen molar-refractivity contribution in [3.63, 3.8) is 0 Å². The van der Waals surface area contributed by atoms with Crippen molar-refractivity contribution < 1.29 is 22.7 Å². The number of hydrogen-bond acceptors (Lipinski definition) is 6. The molecule has 7 nitrogen and oxygen atoms in total. The molecule has 0 fully saturated rings. The third-order valence-electron chi connectivity index (χ3n) is 4.04. The van der Waals surface area contributed by atoms with Crippen LogP contribution in [0.5, 0.6) is 0 Å². The number of carbonyl (C=O) groups is 1. The Hall–Kier alpha value is -3.29. The van der Waals surface area contributed by atoms with Gasteiger partial charge in [0, 0.05) is 29.2 Å². The van der Waals surface area contributed by atoms with Crippen LogP contribution < -0.4 is 0 Å². The molecular weight excluding hydrogens is 417 g/mol. The van der Waals surface area contributed by atoms with Crippen LogP contribution in [0, 0.1) is 17.3 Å². The Labute approximate surface area is 170 Å². The Kier molecular flexibility index (Phi) is 5.63. The maximum Gasteiger partial charge on any atom is 0.407 e. The van der Waals surface area contributed by atoms with E-state index in [1.54, 1.807) is 0 Å². The summed E-state index contributed by atoms with van der Waals surface area (Å²) in [6.45, 7) is -0.0668. The zero-order valence-corrected chi connectivity index (χ0v) is 16.7. The SMILES string of the molecule is CN(Cc1cc(-c2cccnc2F)c(S(=O)(=O)c2cccc(C#N)c2)s1)C(=O)O. The van der Waals surface area contributed by atoms with Crippen molar-refractivity contribution in [2.75, 3.05) is 7.05 Å². The lowest BCUT2D eigenvalue weighted by Crippen LogP contribution is -2.23. The minimum absolute atomic E-state index is 0.0111. The predicted octanol–water partition coefficient (Wildman–Crippen LogP) is 3.76. The summed E-state index contributed by atoms with van der Waals surface area (Å²) in [5, 5.41) is 18.1. The molecule has 0 radical (unpaired) electrons. The van der Waals surface area contributed by atoms with Gasteiger partial charge in [-0.25, -0.2) is 18.2 Å². The second-order valence-electron chi connectivity index (χ2n) is 6.04. The monoisotopic (exact) mass is 431 g/mol. The number of rotatable bonds is 5. The first-order valence-electron chi connectivity index (χ1n) is 8.17. The molecule has 1 amide bonds. The Morgan fingerprint density at radius 2 is 2.03 bits per heavy atom. The van der Waals surface area contributed by atoms with Crippen molar-refractivity contribution in [1.29, 1.82) is 5.26 Å². The van der Waals surface area contributed by atoms with Crippen LogP contribution >= 0.6 is 11.3 Å². The lowest BCUT2D eigenvalue weighted by molar-refractivity contribution is 0.154. The number of hydrogen-bond donors (Lipinski definition) is 1. The fraction of sp³-hybridized carbons (Fsp3) is 0.105. The molecule has 0 unspecified atom stereocenters. The number of aromatic nitrogens is 1. The Morgan fingerprint density at radius 3 is 2.69 bits per heavy atom. The van der Waals surface area contributed by atoms with Crippen LogP contribution in [0.4, 0.5) is 9.18 Å². The van der Waals surface area contributed by atoms with Crippen LogP contribution in [0.1, 0.15) is 10.4 Å². The van der Waals surface area contributed by atoms with Crippen LogP contribution in [0.25, 0.3) is 11.1 Å². The first kappa shape index (κ1) is 20.4. The van der Waals surface area contributed by atoms with Crippen molar-refractivity contribution in [3.05, 3.63) is 65.0 Å². The minimum atomic E-state index is -4.10. The van der Waals surface area contributed by atoms with E-state index in [1.807, 2.05) is 6.07 Å². The van der Waals surface area contributed by atoms with Gasteiger partial charge in [-0.15, -0.1) is 11.3 Å². The maximum absolute atomic E-state index is 14.3. The van der Waals surface area contributed by atoms with E-state index in [0.29, 0.717) is 4.88 Å². The molecule has 1 N–H and O–H groups in total. The van der Waals surface area contributed by atoms with E-state index in [0.717, 1.165) is 16.2 Å². The molecular formula is C19H14FN3O4S2. The van der Waals surface area contributed by atoms with Gasteiger partial charge in [0.05, 0.1) is 23.1 Å². The largest absolute Gasteiger partial charge is 0.465 e. The van der Waals surface area contributed by atoms with Crippen molar-refractivity contribution >= 4 is 27.3 Å². The number of pyridine rings is 1. The van der Waals surface area contributed by atoms with E-state index in [4.69, 9.17) is 10.4 Å². The average molecular weight is 431 g/mol. The molecule has 2 heterocycles. The molecule has 2 aromatic heterocycles. The summed E-state index contributed by atoms with van der Waals surface area (Å²) < 4.78 is 40.7. The van der Waals surface area contributed by atoms with Gasteiger partial charge in [0.15, 0.2) is 0 Å². The number of benzene rings is 1. The van der Waals surface area contributed by atoms with Gasteiger partial charge < -0.3 is 10.0 Å². The number of nitriles is 1. The molecule has 0 bridgehead atoms. The molecule has 1 aromatic carbocycles. The molecule has 0 aliphatic heterocycles. The number of halogens is 1. The summed E-state index contributed by atoms with van der Waals surface area (Å²) in [6, 6.07) is 11.7. The van der Waals surface area contributed by atoms with Gasteiger partial charge in [-0.3, -0.25) is 0 Å². The summed E-state index contributed by atoms with van der Waals surface area (Å²) in [4.78, 5) is 16.0. The normalized spacial score (nSPS) is 11.1. The molecule has 3 aromatic rings. The highest BCUT2D eigenvalue weighted by Gasteiger charge is 2.27. The average Bonchev–Trinajstić information content (AvgIpc) is 3.12. The first-order valence-corrected chi connectivity index (χ1v) is 10.5. The van der Waals surface area contributed by atoms with Crippen LogP contribution in [0.15, 0.2) is 57.8 Å². The molecule has 29 heavy (non-hydrogen) atoms. The van der Waals surface area contributed by atoms with E-state index in [9.17, 15) is 17.6 Å². The lowest BCUT2D eigenvalue weighted by atomic mass is 10.1. The summed E-state index contributed by atoms with van der Waals surface area (Å²) in [5.41, 5.74) is 0.252. The van der Waals surface area contributed by atoms with Gasteiger partial charge in [-0.2, -0.15) is 9.65 Å². The van der Waals surface area contributed by atoms with Crippen LogP contribution in [0.2, 0.25) is 0 Å². The third-order valence-corrected chi connectivity index (χ3v) is 7.44. The number of amides is 1. The van der Waals surface area contributed by atoms with Gasteiger partial charge in [0.1, 0.15) is 4.21 Å². The van der Waals surface area contributed by atoms with E-state index in [2.05, 4.69) is 4.98 Å². The minimum Gasteiger partial charge on any atom is -0.465 e. The van der Waals surface area contributed by atoms with E-state index >= 15 is 0 Å². The highest BCUT2D eigenvalue weighted by Crippen LogP contribution is 2.39. The number of thiophene rings is 1. The summed E-state index contributed by atoms with van der Waals surface area (Å²) in [6.07, 6.45) is 0.0631. The van der Waals surface area contributed by atoms with E-state index in [1.165, 1.54) is 55.7 Å². The molecule has 0 aliphatic carbocycles. The van der Waals surface area contributed by atoms with Crippen molar-refractivity contribution in [2.45, 2.75) is 15.6 Å². The molecule has 0 spiro atoms. The van der Waals surface area contributed by atoms with Crippen LogP contribution in [0.3, 0.4) is 0 Å². The highest BCUT2D eigenvalue weighted by molar-refractivity contribution is 7.93. The summed E-state index contributed by atoms with van der Waals surface area (Å²) in [5.74, 6) is -0.842. The van der Waals surface area contributed by atoms with Crippen molar-refractivity contribution in [1.82, 2.24) is 9.88 Å². The van der Waals surface area contributed by atoms with Crippen molar-refractivity contribution in [2.24, 2.45) is 0 Å². The van der Waals surface area contributed by atoms with E-state index in [-0.39, 0.29) is 32.3 Å². The molecule has 3 rings (SSSR count). The Morgan fingerprint density at radius 1 is 1.28 bits per heavy atom. The second kappa shape index (κ2) is 7.98. The molecule has 0 aliphatic rings. The fourth-order valence-corrected chi connectivity index (χ4v) is 5.83. The molecule has 0 saturated heterocycles. The maximum atomic E-state index is 14.3.